The SMILES string of the molecule is O=C1C[C@@H](N(O)c2ccccc2)C(=O)N1c1cccc(Br)c1. The minimum absolute atomic E-state index is 0.0588. The third kappa shape index (κ3) is 2.63. The number of halogens is 1. The number of hydrogen-bond acceptors (Lipinski definition) is 4. The number of imide groups is 1. The fourth-order valence-corrected chi connectivity index (χ4v) is 2.84. The van der Waals surface area contributed by atoms with Crippen molar-refractivity contribution in [3.05, 3.63) is 59.1 Å². The first kappa shape index (κ1) is 14.7. The normalized spacial score (nSPS) is 17.9. The van der Waals surface area contributed by atoms with E-state index >= 15 is 0 Å². The molecule has 112 valence electrons. The van der Waals surface area contributed by atoms with E-state index in [-0.39, 0.29) is 12.3 Å². The summed E-state index contributed by atoms with van der Waals surface area (Å²) in [7, 11) is 0. The zero-order valence-corrected chi connectivity index (χ0v) is 13.1. The van der Waals surface area contributed by atoms with Gasteiger partial charge in [-0.1, -0.05) is 40.2 Å². The van der Waals surface area contributed by atoms with Gasteiger partial charge in [-0.05, 0) is 30.3 Å². The van der Waals surface area contributed by atoms with Gasteiger partial charge in [0.2, 0.25) is 5.91 Å². The highest BCUT2D eigenvalue weighted by Crippen LogP contribution is 2.29. The molecule has 1 aliphatic rings. The number of hydroxylamine groups is 1. The Bertz CT molecular complexity index is 720. The van der Waals surface area contributed by atoms with Gasteiger partial charge < -0.3 is 0 Å². The Labute approximate surface area is 135 Å². The van der Waals surface area contributed by atoms with Crippen LogP contribution in [-0.4, -0.2) is 23.1 Å². The number of amides is 2. The molecule has 0 unspecified atom stereocenters. The molecule has 0 saturated carbocycles. The zero-order valence-electron chi connectivity index (χ0n) is 11.5. The van der Waals surface area contributed by atoms with Crippen LogP contribution in [0.4, 0.5) is 11.4 Å². The van der Waals surface area contributed by atoms with E-state index in [0.717, 1.165) is 14.4 Å². The number of hydrogen-bond donors (Lipinski definition) is 1. The van der Waals surface area contributed by atoms with Crippen LogP contribution >= 0.6 is 15.9 Å². The summed E-state index contributed by atoms with van der Waals surface area (Å²) in [5, 5.41) is 11.1. The van der Waals surface area contributed by atoms with Crippen molar-refractivity contribution >= 4 is 39.1 Å². The van der Waals surface area contributed by atoms with Gasteiger partial charge >= 0.3 is 0 Å². The van der Waals surface area contributed by atoms with Crippen LogP contribution in [0.2, 0.25) is 0 Å². The Kier molecular flexibility index (Phi) is 3.96. The molecule has 22 heavy (non-hydrogen) atoms. The summed E-state index contributed by atoms with van der Waals surface area (Å²) < 4.78 is 0.776. The van der Waals surface area contributed by atoms with E-state index in [1.807, 2.05) is 12.1 Å². The molecule has 1 saturated heterocycles. The van der Waals surface area contributed by atoms with Crippen molar-refractivity contribution in [2.75, 3.05) is 9.96 Å². The number of nitrogens with zero attached hydrogens (tertiary/aromatic N) is 2. The minimum atomic E-state index is -0.908. The van der Waals surface area contributed by atoms with E-state index in [1.165, 1.54) is 0 Å². The predicted octanol–water partition coefficient (Wildman–Crippen LogP) is 2.98. The molecule has 1 fully saturated rings. The Hall–Kier alpha value is -2.18. The van der Waals surface area contributed by atoms with Crippen molar-refractivity contribution < 1.29 is 14.8 Å². The molecule has 1 atom stereocenters. The maximum atomic E-state index is 12.5. The van der Waals surface area contributed by atoms with Crippen molar-refractivity contribution in [3.8, 4) is 0 Å². The second-order valence-electron chi connectivity index (χ2n) is 4.95. The lowest BCUT2D eigenvalue weighted by Crippen LogP contribution is -2.40. The van der Waals surface area contributed by atoms with Crippen molar-refractivity contribution in [1.29, 1.82) is 0 Å². The molecular formula is C16H13BrN2O3. The minimum Gasteiger partial charge on any atom is -0.288 e. The average molecular weight is 361 g/mol. The fourth-order valence-electron chi connectivity index (χ4n) is 2.45. The van der Waals surface area contributed by atoms with Crippen LogP contribution in [0.3, 0.4) is 0 Å². The third-order valence-electron chi connectivity index (χ3n) is 3.51. The highest BCUT2D eigenvalue weighted by Gasteiger charge is 2.43. The molecule has 0 bridgehead atoms. The molecule has 1 aliphatic heterocycles. The van der Waals surface area contributed by atoms with E-state index < -0.39 is 11.9 Å². The third-order valence-corrected chi connectivity index (χ3v) is 4.00. The molecule has 5 nitrogen and oxygen atoms in total. The molecule has 1 heterocycles. The molecule has 0 spiro atoms. The summed E-state index contributed by atoms with van der Waals surface area (Å²) in [4.78, 5) is 25.8. The first-order chi connectivity index (χ1) is 10.6. The average Bonchev–Trinajstić information content (AvgIpc) is 2.82. The van der Waals surface area contributed by atoms with Crippen LogP contribution in [0, 0.1) is 0 Å². The zero-order chi connectivity index (χ0) is 15.7. The van der Waals surface area contributed by atoms with Gasteiger partial charge in [0.15, 0.2) is 0 Å². The van der Waals surface area contributed by atoms with E-state index in [1.54, 1.807) is 42.5 Å². The molecule has 1 N–H and O–H groups in total. The predicted molar refractivity (Wildman–Crippen MR) is 85.7 cm³/mol. The van der Waals surface area contributed by atoms with Crippen LogP contribution in [0.5, 0.6) is 0 Å². The first-order valence-electron chi connectivity index (χ1n) is 6.73. The summed E-state index contributed by atoms with van der Waals surface area (Å²) >= 11 is 3.32. The fraction of sp³-hybridized carbons (Fsp3) is 0.125. The van der Waals surface area contributed by atoms with E-state index in [2.05, 4.69) is 15.9 Å². The quantitative estimate of drug-likeness (QED) is 0.675. The van der Waals surface area contributed by atoms with Crippen molar-refractivity contribution in [1.82, 2.24) is 0 Å². The first-order valence-corrected chi connectivity index (χ1v) is 7.53. The van der Waals surface area contributed by atoms with E-state index in [0.29, 0.717) is 11.4 Å². The van der Waals surface area contributed by atoms with Crippen LogP contribution in [0.15, 0.2) is 59.1 Å². The van der Waals surface area contributed by atoms with Gasteiger partial charge in [-0.25, -0.2) is 9.96 Å². The van der Waals surface area contributed by atoms with E-state index in [4.69, 9.17) is 0 Å². The summed E-state index contributed by atoms with van der Waals surface area (Å²) in [5.74, 6) is -0.766. The summed E-state index contributed by atoms with van der Waals surface area (Å²) in [6.45, 7) is 0. The molecular weight excluding hydrogens is 348 g/mol. The summed E-state index contributed by atoms with van der Waals surface area (Å²) in [6, 6.07) is 14.7. The molecule has 2 amide bonds. The van der Waals surface area contributed by atoms with Crippen LogP contribution in [0.1, 0.15) is 6.42 Å². The molecule has 0 aromatic heterocycles. The Morgan fingerprint density at radius 2 is 1.82 bits per heavy atom. The Balaban J connectivity index is 1.89. The number of rotatable bonds is 3. The molecule has 6 heteroatoms. The number of benzene rings is 2. The lowest BCUT2D eigenvalue weighted by Gasteiger charge is -2.22. The molecule has 2 aromatic rings. The largest absolute Gasteiger partial charge is 0.288 e. The number of anilines is 2. The smallest absolute Gasteiger partial charge is 0.259 e. The van der Waals surface area contributed by atoms with Gasteiger partial charge in [-0.15, -0.1) is 0 Å². The topological polar surface area (TPSA) is 60.9 Å². The molecule has 3 rings (SSSR count). The maximum Gasteiger partial charge on any atom is 0.259 e. The van der Waals surface area contributed by atoms with E-state index in [9.17, 15) is 14.8 Å². The summed E-state index contributed by atoms with van der Waals surface area (Å²) in [6.07, 6.45) is -0.0588. The van der Waals surface area contributed by atoms with Crippen molar-refractivity contribution in [3.63, 3.8) is 0 Å². The number of carbonyl (C=O) groups excluding carboxylic acids is 2. The van der Waals surface area contributed by atoms with Crippen LogP contribution < -0.4 is 9.96 Å². The van der Waals surface area contributed by atoms with Gasteiger partial charge in [0.25, 0.3) is 5.91 Å². The Morgan fingerprint density at radius 3 is 2.50 bits per heavy atom. The van der Waals surface area contributed by atoms with Gasteiger partial charge in [-0.2, -0.15) is 0 Å². The van der Waals surface area contributed by atoms with Gasteiger partial charge in [0.1, 0.15) is 6.04 Å². The maximum absolute atomic E-state index is 12.5. The monoisotopic (exact) mass is 360 g/mol. The van der Waals surface area contributed by atoms with Crippen molar-refractivity contribution in [2.45, 2.75) is 12.5 Å². The van der Waals surface area contributed by atoms with Gasteiger partial charge in [-0.3, -0.25) is 14.8 Å². The van der Waals surface area contributed by atoms with Crippen molar-refractivity contribution in [2.24, 2.45) is 0 Å². The lowest BCUT2D eigenvalue weighted by atomic mass is 10.2. The standard InChI is InChI=1S/C16H13BrN2O3/c17-11-5-4-8-13(9-11)18-15(20)10-14(16(18)21)19(22)12-6-2-1-3-7-12/h1-9,14,22H,10H2/t14-/m1/s1. The highest BCUT2D eigenvalue weighted by atomic mass is 79.9. The second-order valence-corrected chi connectivity index (χ2v) is 5.86. The highest BCUT2D eigenvalue weighted by molar-refractivity contribution is 9.10. The lowest BCUT2D eigenvalue weighted by molar-refractivity contribution is -0.121. The summed E-state index contributed by atoms with van der Waals surface area (Å²) in [5.41, 5.74) is 0.970. The van der Waals surface area contributed by atoms with Gasteiger partial charge in [0.05, 0.1) is 17.8 Å². The van der Waals surface area contributed by atoms with Crippen LogP contribution in [-0.2, 0) is 9.59 Å². The molecule has 2 aromatic carbocycles. The van der Waals surface area contributed by atoms with Crippen LogP contribution in [0.25, 0.3) is 0 Å². The van der Waals surface area contributed by atoms with Gasteiger partial charge in [0, 0.05) is 4.47 Å². The number of carbonyl (C=O) groups is 2. The number of para-hydroxylation sites is 1. The molecule has 0 radical (unpaired) electrons. The molecule has 0 aliphatic carbocycles. The Morgan fingerprint density at radius 1 is 1.09 bits per heavy atom. The second kappa shape index (κ2) is 5.90.